The number of carbonyl (C=O) groups is 4. The minimum Gasteiger partial charge on any atom is -0.497 e. The summed E-state index contributed by atoms with van der Waals surface area (Å²) in [6.07, 6.45) is 3.57. The molecular weight excluding hydrogens is 681 g/mol. The van der Waals surface area contributed by atoms with Crippen molar-refractivity contribution in [1.82, 2.24) is 15.7 Å². The SMILES string of the molecule is CCCCCC(C(=O)NCNC(=O)c1ccc(-c2cc(OCC)cc(O[P+](=O)O)c2)o1)C(CC)N(C=O)OC(=O)c1ccc(OC)cc1C(C)C. The van der Waals surface area contributed by atoms with Crippen LogP contribution in [0, 0.1) is 5.92 Å². The molecule has 2 aromatic carbocycles. The summed E-state index contributed by atoms with van der Waals surface area (Å²) in [5.41, 5.74) is 1.40. The summed E-state index contributed by atoms with van der Waals surface area (Å²) in [6, 6.07) is 11.7. The Bertz CT molecular complexity index is 1660. The Morgan fingerprint density at radius 3 is 2.35 bits per heavy atom. The molecule has 14 nitrogen and oxygen atoms in total. The Morgan fingerprint density at radius 1 is 0.980 bits per heavy atom. The van der Waals surface area contributed by atoms with E-state index in [9.17, 15) is 28.6 Å². The van der Waals surface area contributed by atoms with E-state index in [4.69, 9.17) is 23.3 Å². The maximum Gasteiger partial charge on any atom is 0.747 e. The lowest BCUT2D eigenvalue weighted by molar-refractivity contribution is -0.171. The molecule has 0 fully saturated rings. The Labute approximate surface area is 298 Å². The van der Waals surface area contributed by atoms with Crippen molar-refractivity contribution in [2.75, 3.05) is 20.4 Å². The van der Waals surface area contributed by atoms with E-state index >= 15 is 0 Å². The largest absolute Gasteiger partial charge is 0.747 e. The average molecular weight is 729 g/mol. The highest BCUT2D eigenvalue weighted by molar-refractivity contribution is 7.32. The van der Waals surface area contributed by atoms with Crippen molar-refractivity contribution in [3.63, 3.8) is 0 Å². The number of carbonyl (C=O) groups excluding carboxylic acids is 4. The van der Waals surface area contributed by atoms with Gasteiger partial charge in [0, 0.05) is 16.2 Å². The van der Waals surface area contributed by atoms with Crippen LogP contribution in [-0.4, -0.2) is 60.6 Å². The molecule has 0 aliphatic heterocycles. The zero-order chi connectivity index (χ0) is 37.5. The number of hydrogen-bond donors (Lipinski definition) is 3. The van der Waals surface area contributed by atoms with E-state index in [2.05, 4.69) is 10.6 Å². The molecule has 0 bridgehead atoms. The fourth-order valence-corrected chi connectivity index (χ4v) is 5.84. The lowest BCUT2D eigenvalue weighted by atomic mass is 9.90. The molecular formula is C36H47N3O11P+. The summed E-state index contributed by atoms with van der Waals surface area (Å²) in [5, 5.41) is 6.23. The number of rotatable bonds is 21. The van der Waals surface area contributed by atoms with E-state index in [1.807, 2.05) is 20.8 Å². The van der Waals surface area contributed by atoms with Gasteiger partial charge in [-0.3, -0.25) is 14.4 Å². The highest BCUT2D eigenvalue weighted by atomic mass is 31.1. The number of unbranched alkanes of at least 4 members (excludes halogenated alkanes) is 2. The summed E-state index contributed by atoms with van der Waals surface area (Å²) in [7, 11) is -1.39. The minimum atomic E-state index is -2.92. The summed E-state index contributed by atoms with van der Waals surface area (Å²) in [5.74, 6) is -1.34. The van der Waals surface area contributed by atoms with Crippen LogP contribution in [0.5, 0.6) is 17.2 Å². The molecule has 0 aliphatic carbocycles. The normalized spacial score (nSPS) is 12.4. The standard InChI is InChI=1S/C36H46N3O11P/c1-7-10-11-12-29(31(8-2)39(22-40)49-36(43)28-14-13-25(46-6)20-30(28)23(4)5)34(41)37-21-38-35(42)33-16-15-32(48-33)24-17-26(47-9-3)19-27(18-24)50-51(44)45/h13-20,22-23,29,31H,7-12,21H2,1-6H3,(H2-,37,38,41,42,44,45)/p+1. The summed E-state index contributed by atoms with van der Waals surface area (Å²) < 4.78 is 32.7. The Kier molecular flexibility index (Phi) is 15.9. The number of benzene rings is 2. The molecule has 1 heterocycles. The third kappa shape index (κ3) is 11.5. The second kappa shape index (κ2) is 20.0. The maximum absolute atomic E-state index is 13.6. The van der Waals surface area contributed by atoms with E-state index in [1.165, 1.54) is 25.3 Å². The van der Waals surface area contributed by atoms with Crippen LogP contribution in [0.2, 0.25) is 0 Å². The van der Waals surface area contributed by atoms with Crippen LogP contribution in [0.25, 0.3) is 11.3 Å². The fourth-order valence-electron chi connectivity index (χ4n) is 5.55. The molecule has 276 valence electrons. The Morgan fingerprint density at radius 2 is 1.73 bits per heavy atom. The van der Waals surface area contributed by atoms with Crippen molar-refractivity contribution in [2.45, 2.75) is 78.7 Å². The molecule has 3 N–H and O–H groups in total. The van der Waals surface area contributed by atoms with Gasteiger partial charge < -0.3 is 29.4 Å². The summed E-state index contributed by atoms with van der Waals surface area (Å²) >= 11 is 0. The number of hydrogen-bond acceptors (Lipinski definition) is 10. The molecule has 51 heavy (non-hydrogen) atoms. The van der Waals surface area contributed by atoms with Crippen LogP contribution in [-0.2, 0) is 19.0 Å². The number of furan rings is 1. The molecule has 15 heteroatoms. The van der Waals surface area contributed by atoms with Crippen LogP contribution in [0.4, 0.5) is 0 Å². The average Bonchev–Trinajstić information content (AvgIpc) is 3.61. The third-order valence-electron chi connectivity index (χ3n) is 8.06. The van der Waals surface area contributed by atoms with Gasteiger partial charge in [-0.25, -0.2) is 9.32 Å². The molecule has 3 amide bonds. The van der Waals surface area contributed by atoms with E-state index in [1.54, 1.807) is 44.2 Å². The number of methoxy groups -OCH3 is 1. The second-order valence-corrected chi connectivity index (χ2v) is 12.5. The second-order valence-electron chi connectivity index (χ2n) is 11.9. The number of hydroxylamine groups is 2. The summed E-state index contributed by atoms with van der Waals surface area (Å²) in [4.78, 5) is 67.0. The molecule has 0 aliphatic rings. The number of nitrogens with zero attached hydrogens (tertiary/aromatic N) is 1. The van der Waals surface area contributed by atoms with Crippen molar-refractivity contribution in [3.05, 3.63) is 65.4 Å². The molecule has 1 aromatic heterocycles. The fraction of sp³-hybridized carbons (Fsp3) is 0.444. The van der Waals surface area contributed by atoms with Gasteiger partial charge in [-0.15, -0.1) is 4.89 Å². The van der Waals surface area contributed by atoms with Gasteiger partial charge in [-0.2, -0.15) is 5.06 Å². The van der Waals surface area contributed by atoms with Gasteiger partial charge in [0.2, 0.25) is 12.3 Å². The first-order valence-electron chi connectivity index (χ1n) is 16.9. The van der Waals surface area contributed by atoms with Gasteiger partial charge in [0.15, 0.2) is 11.5 Å². The number of amides is 3. The molecule has 0 saturated heterocycles. The van der Waals surface area contributed by atoms with Crippen LogP contribution < -0.4 is 24.6 Å². The lowest BCUT2D eigenvalue weighted by Crippen LogP contribution is -2.49. The van der Waals surface area contributed by atoms with Crippen molar-refractivity contribution >= 4 is 32.4 Å². The quantitative estimate of drug-likeness (QED) is 0.0357. The molecule has 0 spiro atoms. The van der Waals surface area contributed by atoms with E-state index in [-0.39, 0.29) is 35.4 Å². The Hall–Kier alpha value is -4.94. The van der Waals surface area contributed by atoms with Crippen LogP contribution in [0.15, 0.2) is 52.9 Å². The van der Waals surface area contributed by atoms with Gasteiger partial charge in [0.1, 0.15) is 17.3 Å². The van der Waals surface area contributed by atoms with Gasteiger partial charge in [-0.1, -0.05) is 47.0 Å². The molecule has 3 rings (SSSR count). The van der Waals surface area contributed by atoms with Crippen molar-refractivity contribution in [1.29, 1.82) is 0 Å². The van der Waals surface area contributed by atoms with Crippen LogP contribution >= 0.6 is 8.25 Å². The van der Waals surface area contributed by atoms with Crippen LogP contribution in [0.1, 0.15) is 99.1 Å². The number of ether oxygens (including phenoxy) is 2. The topological polar surface area (TPSA) is 183 Å². The van der Waals surface area contributed by atoms with Gasteiger partial charge in [0.05, 0.1) is 37.9 Å². The zero-order valence-electron chi connectivity index (χ0n) is 29.8. The zero-order valence-corrected chi connectivity index (χ0v) is 30.7. The van der Waals surface area contributed by atoms with Crippen molar-refractivity contribution in [2.24, 2.45) is 5.92 Å². The van der Waals surface area contributed by atoms with Crippen LogP contribution in [0.3, 0.4) is 0 Å². The predicted molar refractivity (Wildman–Crippen MR) is 188 cm³/mol. The third-order valence-corrected chi connectivity index (χ3v) is 8.43. The first-order valence-corrected chi connectivity index (χ1v) is 18.0. The monoisotopic (exact) mass is 728 g/mol. The van der Waals surface area contributed by atoms with Gasteiger partial charge >= 0.3 is 14.2 Å². The van der Waals surface area contributed by atoms with E-state index in [0.717, 1.165) is 17.9 Å². The Balaban J connectivity index is 1.72. The molecule has 3 aromatic rings. The summed E-state index contributed by atoms with van der Waals surface area (Å²) in [6.45, 7) is 9.54. The first-order chi connectivity index (χ1) is 24.4. The van der Waals surface area contributed by atoms with Crippen molar-refractivity contribution < 1.29 is 51.9 Å². The van der Waals surface area contributed by atoms with E-state index < -0.39 is 38.0 Å². The highest BCUT2D eigenvalue weighted by Gasteiger charge is 2.34. The lowest BCUT2D eigenvalue weighted by Gasteiger charge is -2.32. The molecule has 0 radical (unpaired) electrons. The number of nitrogens with one attached hydrogen (secondary N) is 2. The maximum atomic E-state index is 13.6. The predicted octanol–water partition coefficient (Wildman–Crippen LogP) is 6.51. The van der Waals surface area contributed by atoms with Gasteiger partial charge in [0.25, 0.3) is 5.91 Å². The molecule has 0 saturated carbocycles. The van der Waals surface area contributed by atoms with E-state index in [0.29, 0.717) is 54.9 Å². The minimum absolute atomic E-state index is 0.0378. The molecule has 3 atom stereocenters. The first kappa shape index (κ1) is 40.5. The van der Waals surface area contributed by atoms with Crippen molar-refractivity contribution in [3.8, 4) is 28.6 Å². The molecule has 3 unspecified atom stereocenters. The highest BCUT2D eigenvalue weighted by Crippen LogP contribution is 2.34. The smallest absolute Gasteiger partial charge is 0.497 e. The van der Waals surface area contributed by atoms with Gasteiger partial charge in [-0.05, 0) is 73.7 Å².